The van der Waals surface area contributed by atoms with Gasteiger partial charge in [-0.2, -0.15) is 0 Å². The van der Waals surface area contributed by atoms with E-state index in [4.69, 9.17) is 14.9 Å². The van der Waals surface area contributed by atoms with Gasteiger partial charge in [0.05, 0.1) is 19.3 Å². The number of rotatable bonds is 4. The second kappa shape index (κ2) is 3.90. The highest BCUT2D eigenvalue weighted by Crippen LogP contribution is 2.11. The standard InChI is InChI=1S/C7H9NO5/c9-6(10)1-2-8(7(11)12)3-5-4-13-5/h1-2,5H,3-4H2,(H,9,10)(H,11,12). The summed E-state index contributed by atoms with van der Waals surface area (Å²) < 4.78 is 4.81. The van der Waals surface area contributed by atoms with Crippen molar-refractivity contribution >= 4 is 12.1 Å². The van der Waals surface area contributed by atoms with E-state index in [9.17, 15) is 9.59 Å². The molecule has 1 amide bonds. The molecule has 1 fully saturated rings. The minimum atomic E-state index is -1.19. The van der Waals surface area contributed by atoms with E-state index in [1.807, 2.05) is 0 Å². The smallest absolute Gasteiger partial charge is 0.411 e. The molecule has 1 rings (SSSR count). The lowest BCUT2D eigenvalue weighted by Gasteiger charge is -2.11. The third-order valence-electron chi connectivity index (χ3n) is 1.45. The maximum Gasteiger partial charge on any atom is 0.411 e. The zero-order chi connectivity index (χ0) is 9.84. The molecule has 72 valence electrons. The van der Waals surface area contributed by atoms with Crippen LogP contribution in [0.5, 0.6) is 0 Å². The average molecular weight is 187 g/mol. The first kappa shape index (κ1) is 9.53. The minimum absolute atomic E-state index is 0.0884. The van der Waals surface area contributed by atoms with Gasteiger partial charge in [0.1, 0.15) is 0 Å². The number of hydrogen-bond donors (Lipinski definition) is 2. The molecular formula is C7H9NO5. The van der Waals surface area contributed by atoms with Crippen molar-refractivity contribution < 1.29 is 24.5 Å². The number of hydrogen-bond acceptors (Lipinski definition) is 3. The van der Waals surface area contributed by atoms with Crippen LogP contribution in [0.4, 0.5) is 4.79 Å². The second-order valence-corrected chi connectivity index (χ2v) is 2.54. The Labute approximate surface area is 74.0 Å². The molecule has 0 saturated carbocycles. The quantitative estimate of drug-likeness (QED) is 0.476. The van der Waals surface area contributed by atoms with Gasteiger partial charge < -0.3 is 14.9 Å². The normalized spacial score (nSPS) is 20.2. The fraction of sp³-hybridized carbons (Fsp3) is 0.429. The maximum atomic E-state index is 10.5. The van der Waals surface area contributed by atoms with Crippen LogP contribution in [-0.2, 0) is 9.53 Å². The molecule has 6 nitrogen and oxygen atoms in total. The minimum Gasteiger partial charge on any atom is -0.478 e. The van der Waals surface area contributed by atoms with Gasteiger partial charge in [-0.1, -0.05) is 0 Å². The van der Waals surface area contributed by atoms with Crippen molar-refractivity contribution in [2.75, 3.05) is 13.2 Å². The van der Waals surface area contributed by atoms with E-state index in [0.29, 0.717) is 6.61 Å². The molecule has 1 heterocycles. The van der Waals surface area contributed by atoms with E-state index in [1.54, 1.807) is 0 Å². The number of amides is 1. The van der Waals surface area contributed by atoms with Crippen molar-refractivity contribution in [3.63, 3.8) is 0 Å². The molecule has 0 aliphatic carbocycles. The predicted molar refractivity (Wildman–Crippen MR) is 41.2 cm³/mol. The SMILES string of the molecule is O=C(O)C=CN(CC1CO1)C(=O)O. The zero-order valence-corrected chi connectivity index (χ0v) is 6.71. The summed E-state index contributed by atoms with van der Waals surface area (Å²) >= 11 is 0. The molecular weight excluding hydrogens is 178 g/mol. The Morgan fingerprint density at radius 3 is 2.54 bits per heavy atom. The summed E-state index contributed by atoms with van der Waals surface area (Å²) in [6, 6.07) is 0. The van der Waals surface area contributed by atoms with Crippen LogP contribution in [0.15, 0.2) is 12.3 Å². The monoisotopic (exact) mass is 187 g/mol. The topological polar surface area (TPSA) is 90.4 Å². The van der Waals surface area contributed by atoms with Crippen molar-refractivity contribution in [1.29, 1.82) is 0 Å². The average Bonchev–Trinajstić information content (AvgIpc) is 2.80. The summed E-state index contributed by atoms with van der Waals surface area (Å²) in [4.78, 5) is 21.5. The van der Waals surface area contributed by atoms with E-state index >= 15 is 0 Å². The highest BCUT2D eigenvalue weighted by Gasteiger charge is 2.26. The number of ether oxygens (including phenoxy) is 1. The number of carboxylic acids is 1. The Hall–Kier alpha value is -1.56. The number of carboxylic acid groups (broad SMARTS) is 2. The van der Waals surface area contributed by atoms with Crippen molar-refractivity contribution in [2.24, 2.45) is 0 Å². The van der Waals surface area contributed by atoms with Crippen LogP contribution in [0, 0.1) is 0 Å². The molecule has 1 aliphatic rings. The van der Waals surface area contributed by atoms with E-state index in [1.165, 1.54) is 0 Å². The molecule has 1 unspecified atom stereocenters. The summed E-state index contributed by atoms with van der Waals surface area (Å²) in [6.45, 7) is 0.712. The zero-order valence-electron chi connectivity index (χ0n) is 6.71. The first-order valence-electron chi connectivity index (χ1n) is 3.62. The van der Waals surface area contributed by atoms with E-state index in [-0.39, 0.29) is 12.6 Å². The van der Waals surface area contributed by atoms with Crippen LogP contribution in [0.25, 0.3) is 0 Å². The Balaban J connectivity index is 2.45. The summed E-state index contributed by atoms with van der Waals surface area (Å²) in [5.74, 6) is -1.18. The van der Waals surface area contributed by atoms with Gasteiger partial charge in [0.2, 0.25) is 0 Å². The van der Waals surface area contributed by atoms with Gasteiger partial charge in [0, 0.05) is 12.3 Å². The highest BCUT2D eigenvalue weighted by molar-refractivity contribution is 5.80. The van der Waals surface area contributed by atoms with Crippen LogP contribution in [-0.4, -0.2) is 46.4 Å². The molecule has 0 aromatic heterocycles. The third kappa shape index (κ3) is 3.57. The van der Waals surface area contributed by atoms with Gasteiger partial charge in [-0.05, 0) is 0 Å². The summed E-state index contributed by atoms with van der Waals surface area (Å²) in [5, 5.41) is 16.8. The fourth-order valence-electron chi connectivity index (χ4n) is 0.749. The Bertz CT molecular complexity index is 245. The second-order valence-electron chi connectivity index (χ2n) is 2.54. The molecule has 2 N–H and O–H groups in total. The largest absolute Gasteiger partial charge is 0.478 e. The summed E-state index contributed by atoms with van der Waals surface area (Å²) in [5.41, 5.74) is 0. The van der Waals surface area contributed by atoms with Crippen LogP contribution in [0.3, 0.4) is 0 Å². The van der Waals surface area contributed by atoms with Gasteiger partial charge in [0.25, 0.3) is 0 Å². The lowest BCUT2D eigenvalue weighted by molar-refractivity contribution is -0.131. The van der Waals surface area contributed by atoms with Crippen molar-refractivity contribution in [1.82, 2.24) is 4.90 Å². The Morgan fingerprint density at radius 2 is 2.15 bits per heavy atom. The molecule has 13 heavy (non-hydrogen) atoms. The molecule has 0 aromatic rings. The third-order valence-corrected chi connectivity index (χ3v) is 1.45. The van der Waals surface area contributed by atoms with E-state index in [2.05, 4.69) is 0 Å². The van der Waals surface area contributed by atoms with Crippen molar-refractivity contribution in [3.05, 3.63) is 12.3 Å². The number of nitrogens with zero attached hydrogens (tertiary/aromatic N) is 1. The summed E-state index contributed by atoms with van der Waals surface area (Å²) in [7, 11) is 0. The molecule has 6 heteroatoms. The van der Waals surface area contributed by atoms with E-state index in [0.717, 1.165) is 17.2 Å². The van der Waals surface area contributed by atoms with Crippen molar-refractivity contribution in [3.8, 4) is 0 Å². The maximum absolute atomic E-state index is 10.5. The molecule has 0 spiro atoms. The van der Waals surface area contributed by atoms with Gasteiger partial charge in [-0.15, -0.1) is 0 Å². The molecule has 1 atom stereocenters. The van der Waals surface area contributed by atoms with Crippen LogP contribution >= 0.6 is 0 Å². The van der Waals surface area contributed by atoms with Gasteiger partial charge in [-0.3, -0.25) is 4.90 Å². The van der Waals surface area contributed by atoms with Gasteiger partial charge in [0.15, 0.2) is 0 Å². The van der Waals surface area contributed by atoms with Crippen LogP contribution < -0.4 is 0 Å². The number of epoxide rings is 1. The van der Waals surface area contributed by atoms with Gasteiger partial charge >= 0.3 is 12.1 Å². The molecule has 1 aliphatic heterocycles. The molecule has 1 saturated heterocycles. The van der Waals surface area contributed by atoms with Crippen LogP contribution in [0.2, 0.25) is 0 Å². The predicted octanol–water partition coefficient (Wildman–Crippen LogP) is -0.0365. The number of carbonyl (C=O) groups is 2. The summed E-state index contributed by atoms with van der Waals surface area (Å²) in [6.07, 6.45) is 0.505. The Morgan fingerprint density at radius 1 is 1.54 bits per heavy atom. The number of aliphatic carboxylic acids is 1. The van der Waals surface area contributed by atoms with Gasteiger partial charge in [-0.25, -0.2) is 9.59 Å². The van der Waals surface area contributed by atoms with Crippen molar-refractivity contribution in [2.45, 2.75) is 6.10 Å². The fourth-order valence-corrected chi connectivity index (χ4v) is 0.749. The highest BCUT2D eigenvalue weighted by atomic mass is 16.6. The van der Waals surface area contributed by atoms with Crippen LogP contribution in [0.1, 0.15) is 0 Å². The molecule has 0 bridgehead atoms. The molecule has 0 aromatic carbocycles. The lowest BCUT2D eigenvalue weighted by atomic mass is 10.4. The first-order valence-corrected chi connectivity index (χ1v) is 3.62. The first-order chi connectivity index (χ1) is 6.09. The Kier molecular flexibility index (Phi) is 2.86. The van der Waals surface area contributed by atoms with E-state index < -0.39 is 12.1 Å². The lowest BCUT2D eigenvalue weighted by Crippen LogP contribution is -2.28. The molecule has 0 radical (unpaired) electrons.